The fourth-order valence-corrected chi connectivity index (χ4v) is 3.27. The summed E-state index contributed by atoms with van der Waals surface area (Å²) in [6.45, 7) is 14.7. The molecule has 2 nitrogen and oxygen atoms in total. The van der Waals surface area contributed by atoms with Crippen LogP contribution < -0.4 is 0 Å². The summed E-state index contributed by atoms with van der Waals surface area (Å²) in [7, 11) is -0.993. The van der Waals surface area contributed by atoms with Gasteiger partial charge < -0.3 is 4.74 Å². The Morgan fingerprint density at radius 1 is 1.00 bits per heavy atom. The molecule has 0 aromatic rings. The third-order valence-electron chi connectivity index (χ3n) is 2.44. The summed E-state index contributed by atoms with van der Waals surface area (Å²) in [5, 5.41) is 0. The summed E-state index contributed by atoms with van der Waals surface area (Å²) in [4.78, 5) is 2.51. The van der Waals surface area contributed by atoms with Gasteiger partial charge in [-0.3, -0.25) is 4.90 Å². The minimum atomic E-state index is -0.993. The van der Waals surface area contributed by atoms with Gasteiger partial charge in [-0.05, 0) is 25.6 Å². The second kappa shape index (κ2) is 9.20. The van der Waals surface area contributed by atoms with Crippen LogP contribution in [-0.2, 0) is 4.74 Å². The maximum absolute atomic E-state index is 5.73. The molecule has 0 aliphatic rings. The van der Waals surface area contributed by atoms with Gasteiger partial charge in [0.05, 0.1) is 14.8 Å². The van der Waals surface area contributed by atoms with E-state index in [1.807, 2.05) is 0 Å². The van der Waals surface area contributed by atoms with Gasteiger partial charge in [-0.15, -0.1) is 0 Å². The Balaban J connectivity index is 3.81. The van der Waals surface area contributed by atoms with Gasteiger partial charge in [-0.1, -0.05) is 46.3 Å². The molecule has 0 spiro atoms. The lowest BCUT2D eigenvalue weighted by Gasteiger charge is -2.28. The van der Waals surface area contributed by atoms with E-state index in [1.54, 1.807) is 0 Å². The zero-order valence-corrected chi connectivity index (χ0v) is 13.0. The van der Waals surface area contributed by atoms with E-state index >= 15 is 0 Å². The number of hydrogen-bond donors (Lipinski definition) is 0. The van der Waals surface area contributed by atoms with Crippen LogP contribution in [0.15, 0.2) is 0 Å². The Kier molecular flexibility index (Phi) is 9.28. The van der Waals surface area contributed by atoms with Crippen LogP contribution in [0, 0.1) is 0 Å². The highest BCUT2D eigenvalue weighted by Crippen LogP contribution is 2.06. The molecular weight excluding hydrogens is 214 g/mol. The third-order valence-corrected chi connectivity index (χ3v) is 3.84. The van der Waals surface area contributed by atoms with E-state index in [1.165, 1.54) is 38.4 Å². The molecule has 0 atom stereocenters. The van der Waals surface area contributed by atoms with Crippen molar-refractivity contribution in [1.82, 2.24) is 4.90 Å². The maximum atomic E-state index is 5.73. The van der Waals surface area contributed by atoms with Gasteiger partial charge >= 0.3 is 0 Å². The second-order valence-corrected chi connectivity index (χ2v) is 11.3. The minimum Gasteiger partial charge on any atom is -0.366 e. The molecule has 0 rings (SSSR count). The first-order valence-corrected chi connectivity index (χ1v) is 10.5. The summed E-state index contributed by atoms with van der Waals surface area (Å²) in [5.41, 5.74) is 0. The summed E-state index contributed by atoms with van der Waals surface area (Å²) < 4.78 is 5.73. The van der Waals surface area contributed by atoms with E-state index in [0.29, 0.717) is 0 Å². The predicted octanol–water partition coefficient (Wildman–Crippen LogP) is 3.74. The molecule has 0 bridgehead atoms. The molecule has 0 N–H and O–H groups in total. The van der Waals surface area contributed by atoms with Crippen molar-refractivity contribution < 1.29 is 4.74 Å². The Bertz CT molecular complexity index is 157. The van der Waals surface area contributed by atoms with Gasteiger partial charge in [-0.25, -0.2) is 0 Å². The average Bonchev–Trinajstić information content (AvgIpc) is 2.18. The van der Waals surface area contributed by atoms with Crippen LogP contribution in [0.2, 0.25) is 19.6 Å². The molecule has 0 aliphatic carbocycles. The second-order valence-electron chi connectivity index (χ2n) is 5.86. The molecule has 3 heteroatoms. The quantitative estimate of drug-likeness (QED) is 0.330. The van der Waals surface area contributed by atoms with Crippen molar-refractivity contribution >= 4 is 8.07 Å². The molecule has 0 amide bonds. The average molecular weight is 245 g/mol. The number of nitrogens with zero attached hydrogens (tertiary/aromatic N) is 1. The van der Waals surface area contributed by atoms with Crippen LogP contribution in [0.1, 0.15) is 39.5 Å². The Morgan fingerprint density at radius 2 is 1.62 bits per heavy atom. The molecule has 0 aromatic heterocycles. The van der Waals surface area contributed by atoms with E-state index in [9.17, 15) is 0 Å². The monoisotopic (exact) mass is 245 g/mol. The summed E-state index contributed by atoms with van der Waals surface area (Å²) in [6, 6.07) is 0. The number of unbranched alkanes of at least 4 members (excludes halogenated alkanes) is 2. The number of hydrogen-bond acceptors (Lipinski definition) is 2. The first-order valence-electron chi connectivity index (χ1n) is 6.79. The molecule has 0 saturated heterocycles. The minimum absolute atomic E-state index is 0.838. The van der Waals surface area contributed by atoms with Crippen LogP contribution >= 0.6 is 0 Å². The smallest absolute Gasteiger partial charge is 0.0987 e. The predicted molar refractivity (Wildman–Crippen MR) is 75.6 cm³/mol. The van der Waals surface area contributed by atoms with Crippen LogP contribution in [0.5, 0.6) is 0 Å². The lowest BCUT2D eigenvalue weighted by Crippen LogP contribution is -2.41. The van der Waals surface area contributed by atoms with E-state index in [-0.39, 0.29) is 0 Å². The molecule has 0 fully saturated rings. The molecule has 0 aliphatic heterocycles. The van der Waals surface area contributed by atoms with Crippen molar-refractivity contribution in [2.75, 3.05) is 26.1 Å². The summed E-state index contributed by atoms with van der Waals surface area (Å²) in [6.07, 6.45) is 6.25. The van der Waals surface area contributed by atoms with Gasteiger partial charge in [0.15, 0.2) is 0 Å². The van der Waals surface area contributed by atoms with Crippen LogP contribution in [-0.4, -0.2) is 39.0 Å². The van der Waals surface area contributed by atoms with Crippen LogP contribution in [0.3, 0.4) is 0 Å². The molecule has 0 radical (unpaired) electrons. The first kappa shape index (κ1) is 16.1. The van der Waals surface area contributed by atoms with Crippen molar-refractivity contribution in [3.63, 3.8) is 0 Å². The van der Waals surface area contributed by atoms with Crippen LogP contribution in [0.4, 0.5) is 0 Å². The Morgan fingerprint density at radius 3 is 2.12 bits per heavy atom. The lowest BCUT2D eigenvalue weighted by atomic mass is 10.3. The standard InChI is InChI=1S/C13H31NOSi/c1-6-8-10-14(13-16(3,4)5)12-15-11-9-7-2/h6-13H2,1-5H3. The van der Waals surface area contributed by atoms with Crippen molar-refractivity contribution in [2.45, 2.75) is 59.2 Å². The van der Waals surface area contributed by atoms with Crippen molar-refractivity contribution in [2.24, 2.45) is 0 Å². The molecular formula is C13H31NOSi. The summed E-state index contributed by atoms with van der Waals surface area (Å²) in [5.74, 6) is 0. The van der Waals surface area contributed by atoms with E-state index in [4.69, 9.17) is 4.74 Å². The third kappa shape index (κ3) is 10.6. The fourth-order valence-electron chi connectivity index (χ4n) is 1.68. The van der Waals surface area contributed by atoms with Gasteiger partial charge in [0, 0.05) is 6.61 Å². The highest BCUT2D eigenvalue weighted by atomic mass is 28.3. The van der Waals surface area contributed by atoms with Crippen molar-refractivity contribution in [1.29, 1.82) is 0 Å². The van der Waals surface area contributed by atoms with Gasteiger partial charge in [0.25, 0.3) is 0 Å². The first-order chi connectivity index (χ1) is 7.49. The Hall–Kier alpha value is 0.137. The number of ether oxygens (including phenoxy) is 1. The van der Waals surface area contributed by atoms with Gasteiger partial charge in [0.1, 0.15) is 0 Å². The molecule has 0 saturated carbocycles. The summed E-state index contributed by atoms with van der Waals surface area (Å²) >= 11 is 0. The highest BCUT2D eigenvalue weighted by molar-refractivity contribution is 6.76. The Labute approximate surface area is 103 Å². The van der Waals surface area contributed by atoms with E-state index in [2.05, 4.69) is 38.4 Å². The zero-order chi connectivity index (χ0) is 12.4. The lowest BCUT2D eigenvalue weighted by molar-refractivity contribution is 0.0353. The maximum Gasteiger partial charge on any atom is 0.0987 e. The van der Waals surface area contributed by atoms with Crippen molar-refractivity contribution in [3.05, 3.63) is 0 Å². The number of rotatable bonds is 10. The normalized spacial score (nSPS) is 12.4. The van der Waals surface area contributed by atoms with Gasteiger partial charge in [0.2, 0.25) is 0 Å². The molecule has 16 heavy (non-hydrogen) atoms. The molecule has 98 valence electrons. The topological polar surface area (TPSA) is 12.5 Å². The molecule has 0 unspecified atom stereocenters. The largest absolute Gasteiger partial charge is 0.366 e. The van der Waals surface area contributed by atoms with Crippen LogP contribution in [0.25, 0.3) is 0 Å². The van der Waals surface area contributed by atoms with Gasteiger partial charge in [-0.2, -0.15) is 0 Å². The van der Waals surface area contributed by atoms with E-state index < -0.39 is 8.07 Å². The highest BCUT2D eigenvalue weighted by Gasteiger charge is 2.17. The zero-order valence-electron chi connectivity index (χ0n) is 12.0. The SMILES string of the molecule is CCCCOCN(CCCC)C[Si](C)(C)C. The molecule has 0 heterocycles. The fraction of sp³-hybridized carbons (Fsp3) is 1.00. The van der Waals surface area contributed by atoms with E-state index in [0.717, 1.165) is 13.3 Å². The van der Waals surface area contributed by atoms with Crippen molar-refractivity contribution in [3.8, 4) is 0 Å². The molecule has 0 aromatic carbocycles.